The molecule has 0 unspecified atom stereocenters. The van der Waals surface area contributed by atoms with Crippen molar-refractivity contribution in [1.82, 2.24) is 9.88 Å². The molecule has 1 aromatic heterocycles. The molecule has 1 aliphatic heterocycles. The molecule has 124 valence electrons. The van der Waals surface area contributed by atoms with Crippen molar-refractivity contribution in [3.05, 3.63) is 60.0 Å². The summed E-state index contributed by atoms with van der Waals surface area (Å²) in [7, 11) is 0. The summed E-state index contributed by atoms with van der Waals surface area (Å²) in [5, 5.41) is 2.78. The van der Waals surface area contributed by atoms with Gasteiger partial charge in [0.25, 0.3) is 5.91 Å². The molecule has 24 heavy (non-hydrogen) atoms. The lowest BCUT2D eigenvalue weighted by Gasteiger charge is -2.32. The van der Waals surface area contributed by atoms with Crippen LogP contribution in [0.4, 0.5) is 10.2 Å². The Hall–Kier alpha value is -2.76. The number of benzene rings is 1. The smallest absolute Gasteiger partial charge is 0.253 e. The summed E-state index contributed by atoms with van der Waals surface area (Å²) in [6, 6.07) is 10.8. The average molecular weight is 327 g/mol. The molecular formula is C18H18FN3O2. The number of nitrogens with zero attached hydrogens (tertiary/aromatic N) is 2. The lowest BCUT2D eigenvalue weighted by Crippen LogP contribution is -2.43. The van der Waals surface area contributed by atoms with Crippen LogP contribution in [0.25, 0.3) is 0 Å². The number of hydrogen-bond acceptors (Lipinski definition) is 3. The molecule has 1 aliphatic rings. The maximum absolute atomic E-state index is 13.0. The van der Waals surface area contributed by atoms with E-state index >= 15 is 0 Å². The van der Waals surface area contributed by atoms with E-state index in [1.165, 1.54) is 24.3 Å². The lowest BCUT2D eigenvalue weighted by molar-refractivity contribution is -0.121. The van der Waals surface area contributed by atoms with E-state index < -0.39 is 0 Å². The van der Waals surface area contributed by atoms with Crippen molar-refractivity contribution in [2.24, 2.45) is 5.92 Å². The molecule has 1 saturated heterocycles. The second-order valence-electron chi connectivity index (χ2n) is 5.80. The highest BCUT2D eigenvalue weighted by atomic mass is 19.1. The Morgan fingerprint density at radius 1 is 1.17 bits per heavy atom. The first-order chi connectivity index (χ1) is 11.6. The second-order valence-corrected chi connectivity index (χ2v) is 5.80. The normalized spacial score (nSPS) is 17.4. The van der Waals surface area contributed by atoms with E-state index in [0.29, 0.717) is 24.5 Å². The summed E-state index contributed by atoms with van der Waals surface area (Å²) in [6.45, 7) is 0.957. The van der Waals surface area contributed by atoms with Crippen molar-refractivity contribution in [2.45, 2.75) is 12.8 Å². The third-order valence-electron chi connectivity index (χ3n) is 4.09. The molecular weight excluding hydrogens is 309 g/mol. The zero-order valence-corrected chi connectivity index (χ0v) is 13.1. The first-order valence-electron chi connectivity index (χ1n) is 7.90. The van der Waals surface area contributed by atoms with Gasteiger partial charge >= 0.3 is 0 Å². The van der Waals surface area contributed by atoms with Crippen LogP contribution in [0.3, 0.4) is 0 Å². The van der Waals surface area contributed by atoms with Gasteiger partial charge in [0, 0.05) is 24.8 Å². The summed E-state index contributed by atoms with van der Waals surface area (Å²) < 4.78 is 13.0. The van der Waals surface area contributed by atoms with Crippen molar-refractivity contribution in [3.63, 3.8) is 0 Å². The van der Waals surface area contributed by atoms with E-state index in [0.717, 1.165) is 12.8 Å². The molecule has 3 rings (SSSR count). The van der Waals surface area contributed by atoms with Crippen LogP contribution in [-0.4, -0.2) is 34.8 Å². The van der Waals surface area contributed by atoms with Gasteiger partial charge in [0.05, 0.1) is 5.92 Å². The van der Waals surface area contributed by atoms with Gasteiger partial charge in [0.2, 0.25) is 5.91 Å². The summed E-state index contributed by atoms with van der Waals surface area (Å²) in [5.74, 6) is -0.455. The van der Waals surface area contributed by atoms with Gasteiger partial charge in [-0.25, -0.2) is 9.37 Å². The maximum Gasteiger partial charge on any atom is 0.253 e. The third-order valence-corrected chi connectivity index (χ3v) is 4.09. The molecule has 0 aliphatic carbocycles. The Morgan fingerprint density at radius 3 is 2.67 bits per heavy atom. The van der Waals surface area contributed by atoms with Crippen molar-refractivity contribution >= 4 is 17.6 Å². The SMILES string of the molecule is O=C(Nc1ccccn1)[C@@H]1CCCN(C(=O)c2ccc(F)cc2)C1. The standard InChI is InChI=1S/C18H18FN3O2/c19-15-8-6-13(7-9-15)18(24)22-11-3-4-14(12-22)17(23)21-16-5-1-2-10-20-16/h1-2,5-10,14H,3-4,11-12H2,(H,20,21,23)/t14-/m1/s1. The van der Waals surface area contributed by atoms with Crippen molar-refractivity contribution in [3.8, 4) is 0 Å². The zero-order chi connectivity index (χ0) is 16.9. The minimum absolute atomic E-state index is 0.134. The number of rotatable bonds is 3. The Labute approximate surface area is 139 Å². The van der Waals surface area contributed by atoms with Crippen molar-refractivity contribution in [2.75, 3.05) is 18.4 Å². The number of amides is 2. The average Bonchev–Trinajstić information content (AvgIpc) is 2.63. The first-order valence-corrected chi connectivity index (χ1v) is 7.90. The van der Waals surface area contributed by atoms with Crippen LogP contribution in [0.15, 0.2) is 48.7 Å². The van der Waals surface area contributed by atoms with E-state index in [1.54, 1.807) is 29.3 Å². The predicted octanol–water partition coefficient (Wildman–Crippen LogP) is 2.71. The molecule has 0 saturated carbocycles. The van der Waals surface area contributed by atoms with Crippen molar-refractivity contribution in [1.29, 1.82) is 0 Å². The number of anilines is 1. The van der Waals surface area contributed by atoms with Crippen LogP contribution in [-0.2, 0) is 4.79 Å². The summed E-state index contributed by atoms with van der Waals surface area (Å²) in [5.41, 5.74) is 0.433. The fraction of sp³-hybridized carbons (Fsp3) is 0.278. The molecule has 2 heterocycles. The molecule has 0 radical (unpaired) electrons. The minimum atomic E-state index is -0.377. The fourth-order valence-electron chi connectivity index (χ4n) is 2.82. The van der Waals surface area contributed by atoms with Gasteiger partial charge in [-0.3, -0.25) is 9.59 Å². The van der Waals surface area contributed by atoms with Gasteiger partial charge in [-0.05, 0) is 49.2 Å². The molecule has 0 bridgehead atoms. The van der Waals surface area contributed by atoms with Gasteiger partial charge in [-0.15, -0.1) is 0 Å². The number of nitrogens with one attached hydrogen (secondary N) is 1. The van der Waals surface area contributed by atoms with Crippen LogP contribution in [0, 0.1) is 11.7 Å². The third kappa shape index (κ3) is 3.76. The predicted molar refractivity (Wildman–Crippen MR) is 87.9 cm³/mol. The van der Waals surface area contributed by atoms with Crippen LogP contribution in [0.2, 0.25) is 0 Å². The fourth-order valence-corrected chi connectivity index (χ4v) is 2.82. The van der Waals surface area contributed by atoms with Gasteiger partial charge in [-0.1, -0.05) is 6.07 Å². The topological polar surface area (TPSA) is 62.3 Å². The maximum atomic E-state index is 13.0. The largest absolute Gasteiger partial charge is 0.338 e. The van der Waals surface area contributed by atoms with E-state index in [4.69, 9.17) is 0 Å². The molecule has 1 N–H and O–H groups in total. The molecule has 1 aromatic carbocycles. The van der Waals surface area contributed by atoms with Gasteiger partial charge in [-0.2, -0.15) is 0 Å². The van der Waals surface area contributed by atoms with Crippen LogP contribution in [0.1, 0.15) is 23.2 Å². The highest BCUT2D eigenvalue weighted by Crippen LogP contribution is 2.20. The van der Waals surface area contributed by atoms with Crippen LogP contribution >= 0.6 is 0 Å². The number of pyridine rings is 1. The Balaban J connectivity index is 1.64. The quantitative estimate of drug-likeness (QED) is 0.943. The van der Waals surface area contributed by atoms with Crippen LogP contribution < -0.4 is 5.32 Å². The molecule has 2 amide bonds. The Kier molecular flexibility index (Phi) is 4.84. The summed E-state index contributed by atoms with van der Waals surface area (Å²) in [6.07, 6.45) is 3.10. The van der Waals surface area contributed by atoms with Gasteiger partial charge < -0.3 is 10.2 Å². The summed E-state index contributed by atoms with van der Waals surface area (Å²) >= 11 is 0. The number of carbonyl (C=O) groups is 2. The molecule has 1 atom stereocenters. The molecule has 5 nitrogen and oxygen atoms in total. The lowest BCUT2D eigenvalue weighted by atomic mass is 9.96. The van der Waals surface area contributed by atoms with Crippen LogP contribution in [0.5, 0.6) is 0 Å². The number of hydrogen-bond donors (Lipinski definition) is 1. The zero-order valence-electron chi connectivity index (χ0n) is 13.1. The Morgan fingerprint density at radius 2 is 1.96 bits per heavy atom. The highest BCUT2D eigenvalue weighted by Gasteiger charge is 2.29. The number of likely N-dealkylation sites (tertiary alicyclic amines) is 1. The monoisotopic (exact) mass is 327 g/mol. The molecule has 2 aromatic rings. The van der Waals surface area contributed by atoms with Gasteiger partial charge in [0.1, 0.15) is 11.6 Å². The van der Waals surface area contributed by atoms with Crippen molar-refractivity contribution < 1.29 is 14.0 Å². The molecule has 0 spiro atoms. The van der Waals surface area contributed by atoms with E-state index in [9.17, 15) is 14.0 Å². The molecule has 6 heteroatoms. The Bertz CT molecular complexity index is 719. The van der Waals surface area contributed by atoms with E-state index in [2.05, 4.69) is 10.3 Å². The van der Waals surface area contributed by atoms with E-state index in [1.807, 2.05) is 0 Å². The highest BCUT2D eigenvalue weighted by molar-refractivity contribution is 5.96. The number of piperidine rings is 1. The summed E-state index contributed by atoms with van der Waals surface area (Å²) in [4.78, 5) is 30.6. The number of carbonyl (C=O) groups excluding carboxylic acids is 2. The minimum Gasteiger partial charge on any atom is -0.338 e. The van der Waals surface area contributed by atoms with Gasteiger partial charge in [0.15, 0.2) is 0 Å². The van der Waals surface area contributed by atoms with E-state index in [-0.39, 0.29) is 23.5 Å². The number of aromatic nitrogens is 1. The molecule has 1 fully saturated rings. The number of halogens is 1. The second kappa shape index (κ2) is 7.21. The first kappa shape index (κ1) is 16.1.